The van der Waals surface area contributed by atoms with E-state index < -0.39 is 0 Å². The highest BCUT2D eigenvalue weighted by Crippen LogP contribution is 2.30. The summed E-state index contributed by atoms with van der Waals surface area (Å²) in [4.78, 5) is 12.5. The Bertz CT molecular complexity index is 651. The standard InChI is InChI=1S/C18H18O2/c1-12-8-13(2)10-14(9-12)11-17(19)16-5-3-4-15-6-7-20-18(15)16/h3-5,8-10H,6-7,11H2,1-2H3. The molecule has 0 amide bonds. The zero-order chi connectivity index (χ0) is 14.1. The van der Waals surface area contributed by atoms with Crippen molar-refractivity contribution < 1.29 is 9.53 Å². The van der Waals surface area contributed by atoms with Gasteiger partial charge >= 0.3 is 0 Å². The highest BCUT2D eigenvalue weighted by atomic mass is 16.5. The van der Waals surface area contributed by atoms with E-state index in [-0.39, 0.29) is 5.78 Å². The summed E-state index contributed by atoms with van der Waals surface area (Å²) in [5, 5.41) is 0. The van der Waals surface area contributed by atoms with Crippen LogP contribution >= 0.6 is 0 Å². The van der Waals surface area contributed by atoms with Gasteiger partial charge in [0.25, 0.3) is 0 Å². The zero-order valence-corrected chi connectivity index (χ0v) is 11.9. The molecule has 0 radical (unpaired) electrons. The van der Waals surface area contributed by atoms with E-state index in [4.69, 9.17) is 4.74 Å². The molecule has 3 rings (SSSR count). The molecule has 1 heterocycles. The second-order valence-corrected chi connectivity index (χ2v) is 5.49. The lowest BCUT2D eigenvalue weighted by molar-refractivity contribution is 0.0990. The van der Waals surface area contributed by atoms with Crippen molar-refractivity contribution >= 4 is 5.78 Å². The Kier molecular flexibility index (Phi) is 3.31. The summed E-state index contributed by atoms with van der Waals surface area (Å²) in [6.45, 7) is 4.80. The average molecular weight is 266 g/mol. The molecule has 2 heteroatoms. The number of hydrogen-bond donors (Lipinski definition) is 0. The molecule has 2 nitrogen and oxygen atoms in total. The van der Waals surface area contributed by atoms with Gasteiger partial charge < -0.3 is 4.74 Å². The maximum absolute atomic E-state index is 12.5. The van der Waals surface area contributed by atoms with Crippen LogP contribution in [0.25, 0.3) is 0 Å². The van der Waals surface area contributed by atoms with E-state index in [1.807, 2.05) is 18.2 Å². The third-order valence-corrected chi connectivity index (χ3v) is 3.66. The molecular weight excluding hydrogens is 248 g/mol. The number of para-hydroxylation sites is 1. The van der Waals surface area contributed by atoms with E-state index in [1.165, 1.54) is 11.1 Å². The summed E-state index contributed by atoms with van der Waals surface area (Å²) in [6.07, 6.45) is 1.34. The number of Topliss-reactive ketones (excluding diaryl/α,β-unsaturated/α-hetero) is 1. The number of carbonyl (C=O) groups excluding carboxylic acids is 1. The third kappa shape index (κ3) is 2.46. The molecule has 0 spiro atoms. The van der Waals surface area contributed by atoms with Crippen molar-refractivity contribution in [1.29, 1.82) is 0 Å². The number of aryl methyl sites for hydroxylation is 2. The summed E-state index contributed by atoms with van der Waals surface area (Å²) in [6, 6.07) is 12.1. The summed E-state index contributed by atoms with van der Waals surface area (Å²) >= 11 is 0. The lowest BCUT2D eigenvalue weighted by Gasteiger charge is -2.08. The van der Waals surface area contributed by atoms with E-state index in [9.17, 15) is 4.79 Å². The molecule has 1 aliphatic rings. The van der Waals surface area contributed by atoms with E-state index in [1.54, 1.807) is 0 Å². The highest BCUT2D eigenvalue weighted by Gasteiger charge is 2.20. The molecule has 2 aromatic carbocycles. The molecule has 0 saturated heterocycles. The van der Waals surface area contributed by atoms with Crippen LogP contribution in [0, 0.1) is 13.8 Å². The van der Waals surface area contributed by atoms with Crippen molar-refractivity contribution in [1.82, 2.24) is 0 Å². The topological polar surface area (TPSA) is 26.3 Å². The lowest BCUT2D eigenvalue weighted by Crippen LogP contribution is -2.06. The molecule has 0 saturated carbocycles. The van der Waals surface area contributed by atoms with Gasteiger partial charge in [-0.2, -0.15) is 0 Å². The van der Waals surface area contributed by atoms with Gasteiger partial charge in [0.1, 0.15) is 5.75 Å². The van der Waals surface area contributed by atoms with Gasteiger partial charge in [-0.3, -0.25) is 4.79 Å². The number of benzene rings is 2. The van der Waals surface area contributed by atoms with Gasteiger partial charge in [-0.05, 0) is 31.0 Å². The Morgan fingerprint density at radius 1 is 1.15 bits per heavy atom. The van der Waals surface area contributed by atoms with Crippen molar-refractivity contribution in [2.45, 2.75) is 26.7 Å². The smallest absolute Gasteiger partial charge is 0.170 e. The van der Waals surface area contributed by atoms with Crippen molar-refractivity contribution in [2.75, 3.05) is 6.61 Å². The summed E-state index contributed by atoms with van der Waals surface area (Å²) in [5.41, 5.74) is 5.34. The molecule has 102 valence electrons. The number of hydrogen-bond acceptors (Lipinski definition) is 2. The van der Waals surface area contributed by atoms with Crippen molar-refractivity contribution in [3.63, 3.8) is 0 Å². The minimum atomic E-state index is 0.133. The largest absolute Gasteiger partial charge is 0.492 e. The van der Waals surface area contributed by atoms with Crippen LogP contribution in [0.2, 0.25) is 0 Å². The van der Waals surface area contributed by atoms with Crippen LogP contribution in [-0.4, -0.2) is 12.4 Å². The lowest BCUT2D eigenvalue weighted by atomic mass is 9.98. The molecule has 0 N–H and O–H groups in total. The Morgan fingerprint density at radius 2 is 1.90 bits per heavy atom. The molecule has 0 bridgehead atoms. The fourth-order valence-electron chi connectivity index (χ4n) is 2.89. The van der Waals surface area contributed by atoms with Crippen LogP contribution in [0.5, 0.6) is 5.75 Å². The van der Waals surface area contributed by atoms with Crippen molar-refractivity contribution in [2.24, 2.45) is 0 Å². The van der Waals surface area contributed by atoms with Crippen LogP contribution in [0.3, 0.4) is 0 Å². The minimum absolute atomic E-state index is 0.133. The minimum Gasteiger partial charge on any atom is -0.492 e. The number of fused-ring (bicyclic) bond motifs is 1. The second-order valence-electron chi connectivity index (χ2n) is 5.49. The Hall–Kier alpha value is -2.09. The molecule has 0 unspecified atom stereocenters. The van der Waals surface area contributed by atoms with E-state index >= 15 is 0 Å². The first kappa shape index (κ1) is 12.9. The van der Waals surface area contributed by atoms with Gasteiger partial charge in [0.15, 0.2) is 5.78 Å². The fraction of sp³-hybridized carbons (Fsp3) is 0.278. The quantitative estimate of drug-likeness (QED) is 0.792. The maximum Gasteiger partial charge on any atom is 0.170 e. The Morgan fingerprint density at radius 3 is 2.65 bits per heavy atom. The molecule has 0 aromatic heterocycles. The third-order valence-electron chi connectivity index (χ3n) is 3.66. The molecular formula is C18H18O2. The fourth-order valence-corrected chi connectivity index (χ4v) is 2.89. The Balaban J connectivity index is 1.88. The molecule has 0 aliphatic carbocycles. The van der Waals surface area contributed by atoms with E-state index in [0.717, 1.165) is 28.9 Å². The number of rotatable bonds is 3. The van der Waals surface area contributed by atoms with Gasteiger partial charge in [0.05, 0.1) is 12.2 Å². The first-order valence-corrected chi connectivity index (χ1v) is 6.98. The Labute approximate surface area is 119 Å². The predicted molar refractivity (Wildman–Crippen MR) is 79.6 cm³/mol. The normalized spacial score (nSPS) is 12.9. The first-order chi connectivity index (χ1) is 9.63. The first-order valence-electron chi connectivity index (χ1n) is 6.98. The second kappa shape index (κ2) is 5.12. The summed E-state index contributed by atoms with van der Waals surface area (Å²) in [7, 11) is 0. The molecule has 2 aromatic rings. The molecule has 20 heavy (non-hydrogen) atoms. The maximum atomic E-state index is 12.5. The van der Waals surface area contributed by atoms with Crippen LogP contribution in [0.1, 0.15) is 32.6 Å². The van der Waals surface area contributed by atoms with Gasteiger partial charge in [-0.1, -0.05) is 41.5 Å². The van der Waals surface area contributed by atoms with Gasteiger partial charge in [0, 0.05) is 12.8 Å². The summed E-state index contributed by atoms with van der Waals surface area (Å²) in [5.74, 6) is 0.927. The predicted octanol–water partition coefficient (Wildman–Crippen LogP) is 3.66. The van der Waals surface area contributed by atoms with Crippen LogP contribution in [-0.2, 0) is 12.8 Å². The van der Waals surface area contributed by atoms with E-state index in [0.29, 0.717) is 13.0 Å². The highest BCUT2D eigenvalue weighted by molar-refractivity contribution is 6.00. The number of ketones is 1. The number of carbonyl (C=O) groups is 1. The molecule has 1 aliphatic heterocycles. The zero-order valence-electron chi connectivity index (χ0n) is 11.9. The number of ether oxygens (including phenoxy) is 1. The average Bonchev–Trinajstić information content (AvgIpc) is 2.85. The molecule has 0 atom stereocenters. The SMILES string of the molecule is Cc1cc(C)cc(CC(=O)c2cccc3c2OCC3)c1. The van der Waals surface area contributed by atoms with Crippen LogP contribution in [0.4, 0.5) is 0 Å². The van der Waals surface area contributed by atoms with Crippen molar-refractivity contribution in [3.05, 3.63) is 64.2 Å². The van der Waals surface area contributed by atoms with E-state index in [2.05, 4.69) is 32.0 Å². The van der Waals surface area contributed by atoms with Crippen molar-refractivity contribution in [3.8, 4) is 5.75 Å². The monoisotopic (exact) mass is 266 g/mol. The van der Waals surface area contributed by atoms with Crippen LogP contribution < -0.4 is 4.74 Å². The summed E-state index contributed by atoms with van der Waals surface area (Å²) < 4.78 is 5.62. The van der Waals surface area contributed by atoms with Gasteiger partial charge in [-0.15, -0.1) is 0 Å². The van der Waals surface area contributed by atoms with Gasteiger partial charge in [0.2, 0.25) is 0 Å². The molecule has 0 fully saturated rings. The van der Waals surface area contributed by atoms with Gasteiger partial charge in [-0.25, -0.2) is 0 Å². The van der Waals surface area contributed by atoms with Crippen LogP contribution in [0.15, 0.2) is 36.4 Å².